The Morgan fingerprint density at radius 2 is 1.93 bits per heavy atom. The summed E-state index contributed by atoms with van der Waals surface area (Å²) in [5, 5.41) is 9.72. The molecule has 30 heavy (non-hydrogen) atoms. The van der Waals surface area contributed by atoms with Gasteiger partial charge in [-0.25, -0.2) is 4.79 Å². The van der Waals surface area contributed by atoms with Crippen LogP contribution in [-0.2, 0) is 9.59 Å². The highest BCUT2D eigenvalue weighted by Gasteiger charge is 2.33. The van der Waals surface area contributed by atoms with Crippen LogP contribution in [0.1, 0.15) is 15.9 Å². The standard InChI is InChI=1S/C20H16N2O6S2/c1-27-14-7-5-13(6-8-14)18(25)21-22-19(26)16(30-20(22)29)10-12-3-2-4-15(9-12)28-11-17(23)24/h2-10H,11H2,1H3,(H,21,25)(H,23,24)/b16-10+. The summed E-state index contributed by atoms with van der Waals surface area (Å²) in [6.07, 6.45) is 1.59. The number of thiocarbonyl (C=S) groups is 1. The SMILES string of the molecule is COc1ccc(C(=O)NN2C(=O)/C(=C\c3cccc(OCC(=O)O)c3)SC2=S)cc1. The molecule has 0 saturated carbocycles. The van der Waals surface area contributed by atoms with Gasteiger partial charge in [-0.05, 0) is 60.3 Å². The van der Waals surface area contributed by atoms with Gasteiger partial charge in [-0.2, -0.15) is 5.01 Å². The molecule has 0 aliphatic carbocycles. The van der Waals surface area contributed by atoms with E-state index in [-0.39, 0.29) is 4.32 Å². The van der Waals surface area contributed by atoms with Crippen LogP contribution in [0.2, 0.25) is 0 Å². The van der Waals surface area contributed by atoms with E-state index in [2.05, 4.69) is 5.43 Å². The number of carbonyl (C=O) groups excluding carboxylic acids is 2. The van der Waals surface area contributed by atoms with Crippen LogP contribution < -0.4 is 14.9 Å². The molecule has 0 spiro atoms. The number of methoxy groups -OCH3 is 1. The lowest BCUT2D eigenvalue weighted by Gasteiger charge is -2.15. The molecule has 2 aromatic carbocycles. The maximum atomic E-state index is 12.7. The fraction of sp³-hybridized carbons (Fsp3) is 0.100. The Balaban J connectivity index is 1.71. The first-order valence-electron chi connectivity index (χ1n) is 8.55. The molecule has 0 aromatic heterocycles. The van der Waals surface area contributed by atoms with Crippen molar-refractivity contribution in [2.75, 3.05) is 13.7 Å². The van der Waals surface area contributed by atoms with Gasteiger partial charge in [0.05, 0.1) is 12.0 Å². The molecule has 8 nitrogen and oxygen atoms in total. The molecular weight excluding hydrogens is 428 g/mol. The second-order valence-electron chi connectivity index (χ2n) is 5.94. The topological polar surface area (TPSA) is 105 Å². The molecule has 1 saturated heterocycles. The van der Waals surface area contributed by atoms with E-state index in [4.69, 9.17) is 26.8 Å². The number of ether oxygens (including phenoxy) is 2. The Labute approximate surface area is 181 Å². The second-order valence-corrected chi connectivity index (χ2v) is 7.62. The van der Waals surface area contributed by atoms with Crippen molar-refractivity contribution in [1.82, 2.24) is 10.4 Å². The van der Waals surface area contributed by atoms with E-state index in [9.17, 15) is 14.4 Å². The van der Waals surface area contributed by atoms with Crippen molar-refractivity contribution < 1.29 is 29.0 Å². The highest BCUT2D eigenvalue weighted by Crippen LogP contribution is 2.32. The Kier molecular flexibility index (Phi) is 6.70. The third-order valence-electron chi connectivity index (χ3n) is 3.88. The molecule has 2 amide bonds. The molecular formula is C20H16N2O6S2. The third kappa shape index (κ3) is 5.16. The van der Waals surface area contributed by atoms with Crippen molar-refractivity contribution >= 4 is 52.2 Å². The number of nitrogens with zero attached hydrogens (tertiary/aromatic N) is 1. The minimum atomic E-state index is -1.09. The van der Waals surface area contributed by atoms with Gasteiger partial charge in [0.25, 0.3) is 11.8 Å². The van der Waals surface area contributed by atoms with Crippen molar-refractivity contribution in [3.8, 4) is 11.5 Å². The van der Waals surface area contributed by atoms with Crippen LogP contribution in [0.25, 0.3) is 6.08 Å². The maximum absolute atomic E-state index is 12.7. The van der Waals surface area contributed by atoms with Gasteiger partial charge in [0.1, 0.15) is 11.5 Å². The van der Waals surface area contributed by atoms with E-state index < -0.39 is 24.4 Å². The monoisotopic (exact) mass is 444 g/mol. The summed E-state index contributed by atoms with van der Waals surface area (Å²) in [5.41, 5.74) is 3.47. The summed E-state index contributed by atoms with van der Waals surface area (Å²) in [6, 6.07) is 13.0. The number of carbonyl (C=O) groups is 3. The fourth-order valence-electron chi connectivity index (χ4n) is 2.46. The molecule has 1 aliphatic heterocycles. The molecule has 154 valence electrons. The van der Waals surface area contributed by atoms with E-state index in [0.717, 1.165) is 16.8 Å². The molecule has 3 rings (SSSR count). The number of hydrogen-bond acceptors (Lipinski definition) is 7. The first-order valence-corrected chi connectivity index (χ1v) is 9.77. The summed E-state index contributed by atoms with van der Waals surface area (Å²) >= 11 is 6.26. The second kappa shape index (κ2) is 9.42. The number of carboxylic acid groups (broad SMARTS) is 1. The lowest BCUT2D eigenvalue weighted by atomic mass is 10.2. The first kappa shape index (κ1) is 21.3. The smallest absolute Gasteiger partial charge is 0.341 e. The lowest BCUT2D eigenvalue weighted by molar-refractivity contribution is -0.139. The van der Waals surface area contributed by atoms with Gasteiger partial charge in [0.2, 0.25) is 0 Å². The number of hydrogen-bond donors (Lipinski definition) is 2. The molecule has 2 aromatic rings. The van der Waals surface area contributed by atoms with Crippen LogP contribution in [0.3, 0.4) is 0 Å². The van der Waals surface area contributed by atoms with Crippen LogP contribution in [0.15, 0.2) is 53.4 Å². The number of carboxylic acids is 1. The van der Waals surface area contributed by atoms with E-state index in [1.54, 1.807) is 54.6 Å². The molecule has 0 radical (unpaired) electrons. The first-order chi connectivity index (χ1) is 14.4. The summed E-state index contributed by atoms with van der Waals surface area (Å²) in [5.74, 6) is -1.08. The zero-order valence-electron chi connectivity index (χ0n) is 15.7. The highest BCUT2D eigenvalue weighted by atomic mass is 32.2. The molecule has 0 bridgehead atoms. The van der Waals surface area contributed by atoms with Crippen molar-refractivity contribution in [1.29, 1.82) is 0 Å². The van der Waals surface area contributed by atoms with Gasteiger partial charge < -0.3 is 14.6 Å². The molecule has 10 heteroatoms. The van der Waals surface area contributed by atoms with Crippen LogP contribution in [0, 0.1) is 0 Å². The fourth-order valence-corrected chi connectivity index (χ4v) is 3.64. The number of benzene rings is 2. The number of nitrogens with one attached hydrogen (secondary N) is 1. The van der Waals surface area contributed by atoms with Gasteiger partial charge >= 0.3 is 5.97 Å². The van der Waals surface area contributed by atoms with Gasteiger partial charge in [-0.1, -0.05) is 23.9 Å². The predicted octanol–water partition coefficient (Wildman–Crippen LogP) is 2.70. The predicted molar refractivity (Wildman–Crippen MR) is 115 cm³/mol. The molecule has 0 atom stereocenters. The lowest BCUT2D eigenvalue weighted by Crippen LogP contribution is -2.44. The Morgan fingerprint density at radius 3 is 2.60 bits per heavy atom. The average Bonchev–Trinajstić information content (AvgIpc) is 3.00. The Morgan fingerprint density at radius 1 is 1.20 bits per heavy atom. The summed E-state index contributed by atoms with van der Waals surface area (Å²) in [4.78, 5) is 36.1. The normalized spacial score (nSPS) is 14.7. The minimum Gasteiger partial charge on any atom is -0.497 e. The maximum Gasteiger partial charge on any atom is 0.341 e. The number of rotatable bonds is 7. The van der Waals surface area contributed by atoms with Gasteiger partial charge in [0, 0.05) is 5.56 Å². The van der Waals surface area contributed by atoms with Crippen LogP contribution in [-0.4, -0.2) is 45.9 Å². The van der Waals surface area contributed by atoms with Crippen molar-refractivity contribution in [2.45, 2.75) is 0 Å². The number of aliphatic carboxylic acids is 1. The number of amides is 2. The van der Waals surface area contributed by atoms with Crippen LogP contribution in [0.5, 0.6) is 11.5 Å². The van der Waals surface area contributed by atoms with Gasteiger partial charge in [-0.3, -0.25) is 15.0 Å². The van der Waals surface area contributed by atoms with E-state index in [0.29, 0.717) is 27.5 Å². The van der Waals surface area contributed by atoms with E-state index in [1.807, 2.05) is 0 Å². The largest absolute Gasteiger partial charge is 0.497 e. The molecule has 2 N–H and O–H groups in total. The van der Waals surface area contributed by atoms with Crippen molar-refractivity contribution in [3.63, 3.8) is 0 Å². The molecule has 1 aliphatic rings. The van der Waals surface area contributed by atoms with E-state index in [1.165, 1.54) is 7.11 Å². The Bertz CT molecular complexity index is 1040. The third-order valence-corrected chi connectivity index (χ3v) is 5.18. The minimum absolute atomic E-state index is 0.186. The van der Waals surface area contributed by atoms with Gasteiger partial charge in [-0.15, -0.1) is 0 Å². The van der Waals surface area contributed by atoms with Crippen molar-refractivity contribution in [2.24, 2.45) is 0 Å². The quantitative estimate of drug-likeness (QED) is 0.496. The van der Waals surface area contributed by atoms with Gasteiger partial charge in [0.15, 0.2) is 10.9 Å². The molecule has 0 unspecified atom stereocenters. The number of thioether (sulfide) groups is 1. The van der Waals surface area contributed by atoms with Crippen LogP contribution in [0.4, 0.5) is 0 Å². The van der Waals surface area contributed by atoms with Crippen LogP contribution >= 0.6 is 24.0 Å². The molecule has 1 fully saturated rings. The highest BCUT2D eigenvalue weighted by molar-refractivity contribution is 8.26. The summed E-state index contributed by atoms with van der Waals surface area (Å²) in [6.45, 7) is -0.469. The van der Waals surface area contributed by atoms with E-state index >= 15 is 0 Å². The molecule has 1 heterocycles. The zero-order chi connectivity index (χ0) is 21.7. The number of hydrazine groups is 1. The average molecular weight is 444 g/mol. The zero-order valence-corrected chi connectivity index (χ0v) is 17.3. The summed E-state index contributed by atoms with van der Waals surface area (Å²) in [7, 11) is 1.52. The van der Waals surface area contributed by atoms with Crippen molar-refractivity contribution in [3.05, 3.63) is 64.6 Å². The Hall–Kier alpha value is -3.37. The summed E-state index contributed by atoms with van der Waals surface area (Å²) < 4.78 is 10.4.